The molecule has 61 valence electrons. The van der Waals surface area contributed by atoms with Crippen LogP contribution in [-0.4, -0.2) is 0 Å². The van der Waals surface area contributed by atoms with Crippen molar-refractivity contribution >= 4 is 21.4 Å². The van der Waals surface area contributed by atoms with Crippen molar-refractivity contribution in [2.75, 3.05) is 0 Å². The Balaban J connectivity index is 2.74. The third kappa shape index (κ3) is 1.12. The summed E-state index contributed by atoms with van der Waals surface area (Å²) in [5, 5.41) is 0.723. The van der Waals surface area contributed by atoms with E-state index in [0.717, 1.165) is 21.4 Å². The van der Waals surface area contributed by atoms with Crippen molar-refractivity contribution in [1.82, 2.24) is 0 Å². The Morgan fingerprint density at radius 3 is 2.92 bits per heavy atom. The average Bonchev–Trinajstić information content (AvgIpc) is 2.49. The molecule has 0 amide bonds. The number of fused-ring (bicyclic) bond motifs is 1. The first-order valence-electron chi connectivity index (χ1n) is 3.77. The molecule has 0 N–H and O–H groups in total. The smallest absolute Gasteiger partial charge is 0.131 e. The van der Waals surface area contributed by atoms with Gasteiger partial charge in [-0.25, -0.2) is 4.39 Å². The molecular formula is C10H8FS. The van der Waals surface area contributed by atoms with Gasteiger partial charge in [0.25, 0.3) is 0 Å². The van der Waals surface area contributed by atoms with Crippen LogP contribution in [0.25, 0.3) is 10.1 Å². The molecule has 1 aromatic heterocycles. The molecule has 0 nitrogen and oxygen atoms in total. The van der Waals surface area contributed by atoms with Crippen LogP contribution in [0.2, 0.25) is 0 Å². The minimum atomic E-state index is -0.136. The monoisotopic (exact) mass is 179 g/mol. The van der Waals surface area contributed by atoms with E-state index >= 15 is 0 Å². The van der Waals surface area contributed by atoms with Crippen LogP contribution in [0.5, 0.6) is 0 Å². The van der Waals surface area contributed by atoms with Crippen LogP contribution in [0.1, 0.15) is 4.88 Å². The van der Waals surface area contributed by atoms with Crippen molar-refractivity contribution in [3.05, 3.63) is 41.9 Å². The van der Waals surface area contributed by atoms with Crippen LogP contribution >= 0.6 is 11.3 Å². The summed E-state index contributed by atoms with van der Waals surface area (Å²) in [7, 11) is 0. The largest absolute Gasteiger partial charge is 0.206 e. The highest BCUT2D eigenvalue weighted by Gasteiger charge is 2.03. The fourth-order valence-electron chi connectivity index (χ4n) is 1.20. The molecule has 1 radical (unpaired) electrons. The van der Waals surface area contributed by atoms with E-state index in [9.17, 15) is 4.39 Å². The maximum atomic E-state index is 13.1. The molecule has 0 aliphatic heterocycles. The maximum Gasteiger partial charge on any atom is 0.131 e. The van der Waals surface area contributed by atoms with Gasteiger partial charge in [-0.05, 0) is 31.5 Å². The zero-order chi connectivity index (χ0) is 8.55. The van der Waals surface area contributed by atoms with Gasteiger partial charge in [-0.15, -0.1) is 11.3 Å². The van der Waals surface area contributed by atoms with E-state index in [-0.39, 0.29) is 5.82 Å². The number of benzene rings is 1. The molecule has 0 aliphatic carbocycles. The number of hydrogen-bond acceptors (Lipinski definition) is 1. The fourth-order valence-corrected chi connectivity index (χ4v) is 2.18. The molecule has 12 heavy (non-hydrogen) atoms. The summed E-state index contributed by atoms with van der Waals surface area (Å²) in [5.41, 5.74) is 0. The number of rotatable bonds is 1. The van der Waals surface area contributed by atoms with E-state index in [2.05, 4.69) is 6.92 Å². The molecule has 0 aliphatic rings. The first kappa shape index (κ1) is 7.74. The Labute approximate surface area is 74.6 Å². The second kappa shape index (κ2) is 2.87. The zero-order valence-electron chi connectivity index (χ0n) is 6.51. The molecule has 0 saturated heterocycles. The van der Waals surface area contributed by atoms with Crippen molar-refractivity contribution in [3.63, 3.8) is 0 Å². The fraction of sp³-hybridized carbons (Fsp3) is 0.100. The molecule has 0 saturated carbocycles. The lowest BCUT2D eigenvalue weighted by molar-refractivity contribution is 0.640. The second-order valence-corrected chi connectivity index (χ2v) is 3.78. The van der Waals surface area contributed by atoms with E-state index in [0.29, 0.717) is 0 Å². The van der Waals surface area contributed by atoms with E-state index in [4.69, 9.17) is 0 Å². The lowest BCUT2D eigenvalue weighted by Gasteiger charge is -1.88. The van der Waals surface area contributed by atoms with Crippen LogP contribution in [0.15, 0.2) is 24.3 Å². The Morgan fingerprint density at radius 1 is 1.42 bits per heavy atom. The molecule has 2 rings (SSSR count). The number of halogens is 1. The van der Waals surface area contributed by atoms with Crippen LogP contribution in [0.4, 0.5) is 4.39 Å². The lowest BCUT2D eigenvalue weighted by atomic mass is 10.2. The van der Waals surface area contributed by atoms with Crippen molar-refractivity contribution in [3.8, 4) is 0 Å². The summed E-state index contributed by atoms with van der Waals surface area (Å²) >= 11 is 1.61. The van der Waals surface area contributed by atoms with Crippen LogP contribution in [0, 0.1) is 12.7 Å². The zero-order valence-corrected chi connectivity index (χ0v) is 7.33. The molecule has 0 bridgehead atoms. The van der Waals surface area contributed by atoms with Gasteiger partial charge in [-0.1, -0.05) is 6.07 Å². The normalized spacial score (nSPS) is 10.8. The molecule has 2 heteroatoms. The Morgan fingerprint density at radius 2 is 2.25 bits per heavy atom. The third-order valence-electron chi connectivity index (χ3n) is 1.81. The topological polar surface area (TPSA) is 0 Å². The number of thiophene rings is 1. The SMILES string of the molecule is [CH2]Cc1cc2c(F)cccc2s1. The summed E-state index contributed by atoms with van der Waals surface area (Å²) in [6.45, 7) is 3.77. The van der Waals surface area contributed by atoms with Gasteiger partial charge in [0.05, 0.1) is 0 Å². The highest BCUT2D eigenvalue weighted by atomic mass is 32.1. The van der Waals surface area contributed by atoms with Crippen molar-refractivity contribution in [2.45, 2.75) is 6.42 Å². The summed E-state index contributed by atoms with van der Waals surface area (Å²) in [4.78, 5) is 1.13. The van der Waals surface area contributed by atoms with Gasteiger partial charge < -0.3 is 0 Å². The molecular weight excluding hydrogens is 171 g/mol. The summed E-state index contributed by atoms with van der Waals surface area (Å²) in [5.74, 6) is -0.136. The standard InChI is InChI=1S/C10H8FS/c1-2-7-6-8-9(11)4-3-5-10(8)12-7/h3-6H,1-2H2. The van der Waals surface area contributed by atoms with Crippen molar-refractivity contribution in [2.24, 2.45) is 0 Å². The van der Waals surface area contributed by atoms with Crippen molar-refractivity contribution < 1.29 is 4.39 Å². The van der Waals surface area contributed by atoms with E-state index in [1.165, 1.54) is 6.07 Å². The molecule has 0 fully saturated rings. The van der Waals surface area contributed by atoms with Gasteiger partial charge in [0.15, 0.2) is 0 Å². The number of hydrogen-bond donors (Lipinski definition) is 0. The molecule has 0 spiro atoms. The van der Waals surface area contributed by atoms with Gasteiger partial charge in [-0.2, -0.15) is 0 Å². The van der Waals surface area contributed by atoms with Gasteiger partial charge in [0.2, 0.25) is 0 Å². The molecule has 2 aromatic rings. The van der Waals surface area contributed by atoms with Gasteiger partial charge >= 0.3 is 0 Å². The van der Waals surface area contributed by atoms with E-state index < -0.39 is 0 Å². The first-order valence-corrected chi connectivity index (χ1v) is 4.59. The van der Waals surface area contributed by atoms with Gasteiger partial charge in [0.1, 0.15) is 5.82 Å². The Kier molecular flexibility index (Phi) is 1.85. The molecule has 1 heterocycles. The summed E-state index contributed by atoms with van der Waals surface area (Å²) in [6.07, 6.45) is 0.735. The highest BCUT2D eigenvalue weighted by molar-refractivity contribution is 7.19. The third-order valence-corrected chi connectivity index (χ3v) is 2.97. The summed E-state index contributed by atoms with van der Waals surface area (Å²) < 4.78 is 14.1. The van der Waals surface area contributed by atoms with Gasteiger partial charge in [0, 0.05) is 15.0 Å². The molecule has 1 aromatic carbocycles. The average molecular weight is 179 g/mol. The van der Waals surface area contributed by atoms with E-state index in [1.807, 2.05) is 12.1 Å². The minimum absolute atomic E-state index is 0.136. The predicted octanol–water partition coefficient (Wildman–Crippen LogP) is 3.42. The van der Waals surface area contributed by atoms with Crippen LogP contribution in [-0.2, 0) is 6.42 Å². The molecule has 0 atom stereocenters. The maximum absolute atomic E-state index is 13.1. The highest BCUT2D eigenvalue weighted by Crippen LogP contribution is 2.27. The van der Waals surface area contributed by atoms with Crippen LogP contribution in [0.3, 0.4) is 0 Å². The minimum Gasteiger partial charge on any atom is -0.206 e. The summed E-state index contributed by atoms with van der Waals surface area (Å²) in [6, 6.07) is 7.04. The van der Waals surface area contributed by atoms with Gasteiger partial charge in [-0.3, -0.25) is 0 Å². The van der Waals surface area contributed by atoms with Crippen molar-refractivity contribution in [1.29, 1.82) is 0 Å². The second-order valence-electron chi connectivity index (χ2n) is 2.61. The van der Waals surface area contributed by atoms with E-state index in [1.54, 1.807) is 17.4 Å². The quantitative estimate of drug-likeness (QED) is 0.629. The van der Waals surface area contributed by atoms with Crippen LogP contribution < -0.4 is 0 Å². The predicted molar refractivity (Wildman–Crippen MR) is 50.8 cm³/mol. The first-order chi connectivity index (χ1) is 5.81. The lowest BCUT2D eigenvalue weighted by Crippen LogP contribution is -1.71. The Hall–Kier alpha value is -0.890. The molecule has 0 unspecified atom stereocenters. The Bertz CT molecular complexity index is 403.